The molecule has 2 amide bonds. The molecular weight excluding hydrogens is 396 g/mol. The Morgan fingerprint density at radius 2 is 1.58 bits per heavy atom. The van der Waals surface area contributed by atoms with E-state index in [4.69, 9.17) is 9.84 Å². The number of benzene rings is 2. The Hall–Kier alpha value is -3.35. The largest absolute Gasteiger partial charge is 0.480 e. The van der Waals surface area contributed by atoms with Gasteiger partial charge < -0.3 is 20.1 Å². The van der Waals surface area contributed by atoms with E-state index in [9.17, 15) is 14.4 Å². The Labute approximate surface area is 182 Å². The number of nitrogens with one attached hydrogen (secondary N) is 1. The zero-order valence-corrected chi connectivity index (χ0v) is 18.0. The second-order valence-corrected chi connectivity index (χ2v) is 8.17. The average Bonchev–Trinajstić information content (AvgIpc) is 3.05. The highest BCUT2D eigenvalue weighted by molar-refractivity contribution is 5.82. The maximum absolute atomic E-state index is 12.5. The summed E-state index contributed by atoms with van der Waals surface area (Å²) in [5.41, 5.74) is 4.56. The fourth-order valence-corrected chi connectivity index (χ4v) is 3.88. The van der Waals surface area contributed by atoms with Gasteiger partial charge in [-0.3, -0.25) is 9.59 Å². The molecule has 0 aliphatic heterocycles. The van der Waals surface area contributed by atoms with Crippen LogP contribution in [0.25, 0.3) is 11.1 Å². The monoisotopic (exact) mass is 424 g/mol. The molecule has 3 rings (SSSR count). The third-order valence-corrected chi connectivity index (χ3v) is 5.64. The zero-order valence-electron chi connectivity index (χ0n) is 18.0. The lowest BCUT2D eigenvalue weighted by molar-refractivity contribution is -0.143. The first kappa shape index (κ1) is 22.3. The molecule has 0 radical (unpaired) electrons. The van der Waals surface area contributed by atoms with E-state index in [1.54, 1.807) is 0 Å². The summed E-state index contributed by atoms with van der Waals surface area (Å²) >= 11 is 0. The zero-order chi connectivity index (χ0) is 22.5. The number of alkyl carbamates (subject to hydrolysis) is 1. The summed E-state index contributed by atoms with van der Waals surface area (Å²) in [7, 11) is 1.43. The molecule has 0 saturated carbocycles. The van der Waals surface area contributed by atoms with Gasteiger partial charge in [0.15, 0.2) is 0 Å². The molecule has 7 heteroatoms. The molecule has 2 aromatic carbocycles. The van der Waals surface area contributed by atoms with Gasteiger partial charge in [0.2, 0.25) is 5.91 Å². The number of rotatable bonds is 8. The molecule has 1 aliphatic rings. The van der Waals surface area contributed by atoms with E-state index in [2.05, 4.69) is 29.6 Å². The lowest BCUT2D eigenvalue weighted by atomic mass is 9.98. The summed E-state index contributed by atoms with van der Waals surface area (Å²) in [5.74, 6) is -1.50. The molecule has 0 bridgehead atoms. The summed E-state index contributed by atoms with van der Waals surface area (Å²) in [5, 5.41) is 11.6. The van der Waals surface area contributed by atoms with Gasteiger partial charge in [0.25, 0.3) is 0 Å². The van der Waals surface area contributed by atoms with Crippen LogP contribution in [0.5, 0.6) is 0 Å². The van der Waals surface area contributed by atoms with Crippen LogP contribution >= 0.6 is 0 Å². The van der Waals surface area contributed by atoms with Gasteiger partial charge in [0, 0.05) is 25.4 Å². The van der Waals surface area contributed by atoms with Crippen LogP contribution in [0.2, 0.25) is 0 Å². The van der Waals surface area contributed by atoms with Crippen molar-refractivity contribution in [1.82, 2.24) is 10.2 Å². The van der Waals surface area contributed by atoms with Crippen molar-refractivity contribution in [3.8, 4) is 11.1 Å². The van der Waals surface area contributed by atoms with Crippen molar-refractivity contribution in [3.05, 3.63) is 59.7 Å². The number of hydrogen-bond acceptors (Lipinski definition) is 4. The van der Waals surface area contributed by atoms with Crippen LogP contribution < -0.4 is 5.32 Å². The molecule has 1 atom stereocenters. The van der Waals surface area contributed by atoms with Gasteiger partial charge in [-0.1, -0.05) is 62.4 Å². The molecule has 0 aromatic heterocycles. The Morgan fingerprint density at radius 1 is 1.03 bits per heavy atom. The topological polar surface area (TPSA) is 95.9 Å². The van der Waals surface area contributed by atoms with Crippen LogP contribution in [0.15, 0.2) is 48.5 Å². The Kier molecular flexibility index (Phi) is 6.95. The number of nitrogens with zero attached hydrogens (tertiary/aromatic N) is 1. The van der Waals surface area contributed by atoms with E-state index in [0.29, 0.717) is 0 Å². The van der Waals surface area contributed by atoms with E-state index >= 15 is 0 Å². The fraction of sp³-hybridized carbons (Fsp3) is 0.375. The molecule has 31 heavy (non-hydrogen) atoms. The minimum atomic E-state index is -1.08. The predicted molar refractivity (Wildman–Crippen MR) is 117 cm³/mol. The molecule has 2 N–H and O–H groups in total. The van der Waals surface area contributed by atoms with Gasteiger partial charge in [-0.05, 0) is 28.2 Å². The Bertz CT molecular complexity index is 926. The van der Waals surface area contributed by atoms with Crippen molar-refractivity contribution in [2.24, 2.45) is 5.92 Å². The fourth-order valence-electron chi connectivity index (χ4n) is 3.88. The molecule has 1 unspecified atom stereocenters. The number of hydrogen-bond donors (Lipinski definition) is 2. The van der Waals surface area contributed by atoms with Gasteiger partial charge in [0.1, 0.15) is 13.2 Å². The molecule has 164 valence electrons. The number of ether oxygens (including phenoxy) is 1. The lowest BCUT2D eigenvalue weighted by Crippen LogP contribution is -2.44. The van der Waals surface area contributed by atoms with Crippen molar-refractivity contribution >= 4 is 18.0 Å². The molecule has 0 fully saturated rings. The summed E-state index contributed by atoms with van der Waals surface area (Å²) < 4.78 is 5.56. The van der Waals surface area contributed by atoms with Crippen molar-refractivity contribution < 1.29 is 24.2 Å². The number of carbonyl (C=O) groups excluding carboxylic acids is 2. The van der Waals surface area contributed by atoms with E-state index in [0.717, 1.165) is 27.2 Å². The number of fused-ring (bicyclic) bond motifs is 3. The first-order chi connectivity index (χ1) is 14.8. The Balaban J connectivity index is 1.62. The summed E-state index contributed by atoms with van der Waals surface area (Å²) in [6.45, 7) is 3.59. The standard InChI is InChI=1S/C24H28N2O5/c1-15(2)21(12-22(27)26(3)13-23(28)29)25-24(30)31-14-20-18-10-6-4-8-16(18)17-9-5-7-11-19(17)20/h4-11,15,20-21H,12-14H2,1-3H3,(H,25,30)(H,28,29). The molecule has 0 saturated heterocycles. The number of carbonyl (C=O) groups is 3. The third-order valence-electron chi connectivity index (χ3n) is 5.64. The van der Waals surface area contributed by atoms with Crippen LogP contribution in [-0.4, -0.2) is 54.2 Å². The van der Waals surface area contributed by atoms with Crippen LogP contribution in [0.1, 0.15) is 37.3 Å². The Morgan fingerprint density at radius 3 is 2.10 bits per heavy atom. The second-order valence-electron chi connectivity index (χ2n) is 8.17. The minimum Gasteiger partial charge on any atom is -0.480 e. The van der Waals surface area contributed by atoms with E-state index < -0.39 is 18.1 Å². The summed E-state index contributed by atoms with van der Waals surface area (Å²) in [6, 6.07) is 15.7. The van der Waals surface area contributed by atoms with Gasteiger partial charge >= 0.3 is 12.1 Å². The van der Waals surface area contributed by atoms with Crippen molar-refractivity contribution in [2.45, 2.75) is 32.2 Å². The number of carboxylic acid groups (broad SMARTS) is 1. The van der Waals surface area contributed by atoms with Gasteiger partial charge in [-0.15, -0.1) is 0 Å². The van der Waals surface area contributed by atoms with E-state index in [1.165, 1.54) is 7.05 Å². The normalized spacial score (nSPS) is 13.3. The van der Waals surface area contributed by atoms with E-state index in [-0.39, 0.29) is 37.3 Å². The molecule has 0 spiro atoms. The lowest BCUT2D eigenvalue weighted by Gasteiger charge is -2.24. The van der Waals surface area contributed by atoms with Crippen molar-refractivity contribution in [1.29, 1.82) is 0 Å². The maximum Gasteiger partial charge on any atom is 0.407 e. The van der Waals surface area contributed by atoms with E-state index in [1.807, 2.05) is 38.1 Å². The first-order valence-corrected chi connectivity index (χ1v) is 10.3. The highest BCUT2D eigenvalue weighted by atomic mass is 16.5. The average molecular weight is 424 g/mol. The molecule has 0 heterocycles. The van der Waals surface area contributed by atoms with Crippen molar-refractivity contribution in [3.63, 3.8) is 0 Å². The number of amides is 2. The molecule has 7 nitrogen and oxygen atoms in total. The van der Waals surface area contributed by atoms with Crippen LogP contribution in [0.4, 0.5) is 4.79 Å². The minimum absolute atomic E-state index is 0.00560. The SMILES string of the molecule is CC(C)C(CC(=O)N(C)CC(=O)O)NC(=O)OCC1c2ccccc2-c2ccccc21. The predicted octanol–water partition coefficient (Wildman–Crippen LogP) is 3.48. The maximum atomic E-state index is 12.5. The van der Waals surface area contributed by atoms with Crippen LogP contribution in [0.3, 0.4) is 0 Å². The van der Waals surface area contributed by atoms with Crippen LogP contribution in [0, 0.1) is 5.92 Å². The smallest absolute Gasteiger partial charge is 0.407 e. The van der Waals surface area contributed by atoms with Crippen LogP contribution in [-0.2, 0) is 14.3 Å². The summed E-state index contributed by atoms with van der Waals surface area (Å²) in [6.07, 6.45) is -0.583. The molecule has 1 aliphatic carbocycles. The van der Waals surface area contributed by atoms with Crippen molar-refractivity contribution in [2.75, 3.05) is 20.2 Å². The second kappa shape index (κ2) is 9.64. The molecular formula is C24H28N2O5. The number of aliphatic carboxylic acids is 1. The molecule has 2 aromatic rings. The first-order valence-electron chi connectivity index (χ1n) is 10.3. The van der Waals surface area contributed by atoms with Gasteiger partial charge in [-0.2, -0.15) is 0 Å². The highest BCUT2D eigenvalue weighted by Crippen LogP contribution is 2.44. The quantitative estimate of drug-likeness (QED) is 0.676. The highest BCUT2D eigenvalue weighted by Gasteiger charge is 2.30. The number of likely N-dealkylation sites (N-methyl/N-ethyl adjacent to an activating group) is 1. The van der Waals surface area contributed by atoms with Gasteiger partial charge in [0.05, 0.1) is 0 Å². The summed E-state index contributed by atoms with van der Waals surface area (Å²) in [4.78, 5) is 36.8. The number of carboxylic acids is 1. The van der Waals surface area contributed by atoms with Gasteiger partial charge in [-0.25, -0.2) is 4.79 Å². The third kappa shape index (κ3) is 5.23.